The molecule has 0 aromatic rings. The number of nitrogens with zero attached hydrogens (tertiary/aromatic N) is 1. The van der Waals surface area contributed by atoms with E-state index in [1.807, 2.05) is 0 Å². The molecule has 1 N–H and O–H groups in total. The molecule has 1 saturated heterocycles. The van der Waals surface area contributed by atoms with Crippen LogP contribution in [0.3, 0.4) is 0 Å². The maximum absolute atomic E-state index is 12.2. The van der Waals surface area contributed by atoms with E-state index < -0.39 is 0 Å². The molecular weight excluding hydrogens is 244 g/mol. The summed E-state index contributed by atoms with van der Waals surface area (Å²) in [6, 6.07) is 0.306. The Hall–Kier alpha value is -1.26. The number of likely N-dealkylation sites (tertiary alicyclic amines) is 1. The van der Waals surface area contributed by atoms with Crippen LogP contribution in [0.25, 0.3) is 0 Å². The van der Waals surface area contributed by atoms with Gasteiger partial charge in [-0.25, -0.2) is 4.79 Å². The van der Waals surface area contributed by atoms with Crippen LogP contribution in [0, 0.1) is 5.92 Å². The van der Waals surface area contributed by atoms with Gasteiger partial charge in [0.2, 0.25) is 0 Å². The highest BCUT2D eigenvalue weighted by atomic mass is 16.5. The van der Waals surface area contributed by atoms with Gasteiger partial charge in [-0.15, -0.1) is 0 Å². The van der Waals surface area contributed by atoms with Gasteiger partial charge in [-0.3, -0.25) is 4.79 Å². The summed E-state index contributed by atoms with van der Waals surface area (Å²) in [6.45, 7) is 1.23. The molecule has 0 radical (unpaired) electrons. The Morgan fingerprint density at radius 2 is 1.84 bits per heavy atom. The van der Waals surface area contributed by atoms with Crippen LogP contribution in [-0.2, 0) is 9.53 Å². The number of methoxy groups -OCH3 is 1. The summed E-state index contributed by atoms with van der Waals surface area (Å²) in [5, 5.41) is 3.10. The number of urea groups is 1. The maximum Gasteiger partial charge on any atom is 0.317 e. The lowest BCUT2D eigenvalue weighted by Crippen LogP contribution is -2.50. The molecule has 2 amide bonds. The smallest absolute Gasteiger partial charge is 0.317 e. The molecule has 2 fully saturated rings. The van der Waals surface area contributed by atoms with Crippen molar-refractivity contribution in [3.8, 4) is 0 Å². The number of rotatable bonds is 2. The van der Waals surface area contributed by atoms with Crippen molar-refractivity contribution < 1.29 is 14.3 Å². The molecule has 2 aliphatic rings. The van der Waals surface area contributed by atoms with Crippen molar-refractivity contribution in [2.24, 2.45) is 5.92 Å². The third-order valence-electron chi connectivity index (χ3n) is 4.18. The monoisotopic (exact) mass is 268 g/mol. The lowest BCUT2D eigenvalue weighted by atomic mass is 9.95. The topological polar surface area (TPSA) is 58.6 Å². The highest BCUT2D eigenvalue weighted by molar-refractivity contribution is 5.77. The first-order chi connectivity index (χ1) is 9.20. The molecule has 0 aromatic carbocycles. The van der Waals surface area contributed by atoms with E-state index in [0.717, 1.165) is 32.2 Å². The Balaban J connectivity index is 1.82. The standard InChI is InChI=1S/C14H24N2O3/c1-19-13(17)11-6-5-9-16(10-11)14(18)15-12-7-3-2-4-8-12/h11-12H,2-10H2,1H3,(H,15,18)/t11-/m0/s1. The van der Waals surface area contributed by atoms with Crippen molar-refractivity contribution in [2.75, 3.05) is 20.2 Å². The summed E-state index contributed by atoms with van der Waals surface area (Å²) < 4.78 is 4.77. The van der Waals surface area contributed by atoms with E-state index in [4.69, 9.17) is 4.74 Å². The summed E-state index contributed by atoms with van der Waals surface area (Å²) in [6.07, 6.45) is 7.55. The van der Waals surface area contributed by atoms with Crippen molar-refractivity contribution >= 4 is 12.0 Å². The fraction of sp³-hybridized carbons (Fsp3) is 0.857. The van der Waals surface area contributed by atoms with Crippen LogP contribution in [0.5, 0.6) is 0 Å². The molecule has 0 unspecified atom stereocenters. The van der Waals surface area contributed by atoms with Crippen LogP contribution in [0.1, 0.15) is 44.9 Å². The van der Waals surface area contributed by atoms with Crippen molar-refractivity contribution in [3.63, 3.8) is 0 Å². The van der Waals surface area contributed by atoms with Gasteiger partial charge in [0.15, 0.2) is 0 Å². The fourth-order valence-corrected chi connectivity index (χ4v) is 3.03. The highest BCUT2D eigenvalue weighted by Gasteiger charge is 2.29. The number of carbonyl (C=O) groups is 2. The first-order valence-corrected chi connectivity index (χ1v) is 7.34. The van der Waals surface area contributed by atoms with Crippen molar-refractivity contribution in [1.29, 1.82) is 0 Å². The van der Waals surface area contributed by atoms with E-state index >= 15 is 0 Å². The molecule has 0 aromatic heterocycles. The van der Waals surface area contributed by atoms with Crippen LogP contribution in [0.15, 0.2) is 0 Å². The zero-order valence-electron chi connectivity index (χ0n) is 11.7. The van der Waals surface area contributed by atoms with E-state index in [0.29, 0.717) is 12.6 Å². The Bertz CT molecular complexity index is 327. The molecule has 1 saturated carbocycles. The van der Waals surface area contributed by atoms with Gasteiger partial charge in [0.1, 0.15) is 0 Å². The molecule has 5 nitrogen and oxygen atoms in total. The predicted octanol–water partition coefficient (Wildman–Crippen LogP) is 1.91. The fourth-order valence-electron chi connectivity index (χ4n) is 3.03. The van der Waals surface area contributed by atoms with E-state index in [-0.39, 0.29) is 17.9 Å². The Morgan fingerprint density at radius 3 is 2.53 bits per heavy atom. The van der Waals surface area contributed by atoms with Gasteiger partial charge in [-0.2, -0.15) is 0 Å². The van der Waals surface area contributed by atoms with Crippen LogP contribution >= 0.6 is 0 Å². The highest BCUT2D eigenvalue weighted by Crippen LogP contribution is 2.20. The van der Waals surface area contributed by atoms with E-state index in [9.17, 15) is 9.59 Å². The summed E-state index contributed by atoms with van der Waals surface area (Å²) in [7, 11) is 1.41. The van der Waals surface area contributed by atoms with Gasteiger partial charge in [-0.05, 0) is 25.7 Å². The summed E-state index contributed by atoms with van der Waals surface area (Å²) in [4.78, 5) is 25.5. The van der Waals surface area contributed by atoms with Crippen molar-refractivity contribution in [3.05, 3.63) is 0 Å². The SMILES string of the molecule is COC(=O)[C@H]1CCCN(C(=O)NC2CCCCC2)C1. The molecule has 2 rings (SSSR count). The molecule has 1 heterocycles. The Labute approximate surface area is 114 Å². The summed E-state index contributed by atoms with van der Waals surface area (Å²) in [5.74, 6) is -0.356. The van der Waals surface area contributed by atoms with Gasteiger partial charge in [0, 0.05) is 19.1 Å². The van der Waals surface area contributed by atoms with Crippen molar-refractivity contribution in [2.45, 2.75) is 51.0 Å². The summed E-state index contributed by atoms with van der Waals surface area (Å²) in [5.41, 5.74) is 0. The van der Waals surface area contributed by atoms with Gasteiger partial charge in [-0.1, -0.05) is 19.3 Å². The van der Waals surface area contributed by atoms with Gasteiger partial charge >= 0.3 is 12.0 Å². The van der Waals surface area contributed by atoms with Crippen LogP contribution < -0.4 is 5.32 Å². The molecule has 0 bridgehead atoms. The third kappa shape index (κ3) is 3.85. The Kier molecular flexibility index (Phi) is 5.05. The molecule has 1 aliphatic heterocycles. The average Bonchev–Trinajstić information content (AvgIpc) is 2.47. The maximum atomic E-state index is 12.2. The number of carbonyl (C=O) groups excluding carboxylic acids is 2. The average molecular weight is 268 g/mol. The van der Waals surface area contributed by atoms with Crippen molar-refractivity contribution in [1.82, 2.24) is 10.2 Å². The minimum absolute atomic E-state index is 0.0134. The number of hydrogen-bond acceptors (Lipinski definition) is 3. The van der Waals surface area contributed by atoms with Gasteiger partial charge < -0.3 is 15.0 Å². The predicted molar refractivity (Wildman–Crippen MR) is 71.7 cm³/mol. The quantitative estimate of drug-likeness (QED) is 0.778. The zero-order valence-corrected chi connectivity index (χ0v) is 11.7. The van der Waals surface area contributed by atoms with Gasteiger partial charge in [0.05, 0.1) is 13.0 Å². The van der Waals surface area contributed by atoms with Crippen LogP contribution in [0.4, 0.5) is 4.79 Å². The number of esters is 1. The first kappa shape index (κ1) is 14.2. The normalized spacial score (nSPS) is 24.9. The number of piperidine rings is 1. The van der Waals surface area contributed by atoms with E-state index in [2.05, 4.69) is 5.32 Å². The molecular formula is C14H24N2O3. The third-order valence-corrected chi connectivity index (χ3v) is 4.18. The first-order valence-electron chi connectivity index (χ1n) is 7.34. The minimum Gasteiger partial charge on any atom is -0.469 e. The van der Waals surface area contributed by atoms with Crippen LogP contribution in [0.2, 0.25) is 0 Å². The zero-order chi connectivity index (χ0) is 13.7. The van der Waals surface area contributed by atoms with E-state index in [1.54, 1.807) is 4.90 Å². The lowest BCUT2D eigenvalue weighted by Gasteiger charge is -2.33. The number of amides is 2. The molecule has 1 aliphatic carbocycles. The number of nitrogens with one attached hydrogen (secondary N) is 1. The molecule has 1 atom stereocenters. The van der Waals surface area contributed by atoms with E-state index in [1.165, 1.54) is 26.4 Å². The van der Waals surface area contributed by atoms with Gasteiger partial charge in [0.25, 0.3) is 0 Å². The molecule has 108 valence electrons. The number of hydrogen-bond donors (Lipinski definition) is 1. The second kappa shape index (κ2) is 6.78. The lowest BCUT2D eigenvalue weighted by molar-refractivity contribution is -0.146. The van der Waals surface area contributed by atoms with Crippen LogP contribution in [-0.4, -0.2) is 43.1 Å². The largest absolute Gasteiger partial charge is 0.469 e. The molecule has 0 spiro atoms. The molecule has 5 heteroatoms. The molecule has 19 heavy (non-hydrogen) atoms. The second-order valence-electron chi connectivity index (χ2n) is 5.59. The summed E-state index contributed by atoms with van der Waals surface area (Å²) >= 11 is 0. The number of ether oxygens (including phenoxy) is 1. The minimum atomic E-state index is -0.199. The second-order valence-corrected chi connectivity index (χ2v) is 5.59. The Morgan fingerprint density at radius 1 is 1.11 bits per heavy atom.